The Morgan fingerprint density at radius 3 is 0.939 bits per heavy atom. The van der Waals surface area contributed by atoms with E-state index >= 15 is 0 Å². The average molecular weight is 862 g/mol. The van der Waals surface area contributed by atoms with Crippen LogP contribution in [0.1, 0.15) is 101 Å². The zero-order valence-electron chi connectivity index (χ0n) is 39.0. The number of imidazole rings is 2. The molecule has 0 fully saturated rings. The van der Waals surface area contributed by atoms with Gasteiger partial charge in [-0.05, 0) is 88.4 Å². The third-order valence-electron chi connectivity index (χ3n) is 12.8. The van der Waals surface area contributed by atoms with Gasteiger partial charge in [0.2, 0.25) is 0 Å². The van der Waals surface area contributed by atoms with E-state index in [2.05, 4.69) is 228 Å². The molecule has 0 aliphatic heterocycles. The molecule has 0 atom stereocenters. The minimum atomic E-state index is 0.402. The second kappa shape index (κ2) is 17.5. The molecule has 0 radical (unpaired) electrons. The first-order valence-corrected chi connectivity index (χ1v) is 23.3. The number of aromatic nitrogens is 7. The Kier molecular flexibility index (Phi) is 11.2. The van der Waals surface area contributed by atoms with Crippen molar-refractivity contribution in [2.24, 2.45) is 0 Å². The number of para-hydroxylation sites is 4. The summed E-state index contributed by atoms with van der Waals surface area (Å²) in [5.74, 6) is 5.12. The molecule has 3 heterocycles. The Balaban J connectivity index is 1.26. The van der Waals surface area contributed by atoms with Crippen LogP contribution in [0.25, 0.3) is 90.4 Å². The van der Waals surface area contributed by atoms with Crippen molar-refractivity contribution in [1.82, 2.24) is 34.1 Å². The Bertz CT molecular complexity index is 3120. The zero-order valence-corrected chi connectivity index (χ0v) is 39.0. The predicted molar refractivity (Wildman–Crippen MR) is 273 cm³/mol. The van der Waals surface area contributed by atoms with E-state index in [1.807, 2.05) is 0 Å². The van der Waals surface area contributed by atoms with E-state index in [4.69, 9.17) is 24.9 Å². The van der Waals surface area contributed by atoms with E-state index in [9.17, 15) is 0 Å². The third-order valence-corrected chi connectivity index (χ3v) is 12.8. The number of nitrogens with zero attached hydrogens (tertiary/aromatic N) is 7. The van der Waals surface area contributed by atoms with Crippen molar-refractivity contribution in [3.05, 3.63) is 186 Å². The number of fused-ring (bicyclic) bond motifs is 2. The fourth-order valence-corrected chi connectivity index (χ4v) is 8.78. The molecule has 3 aromatic heterocycles. The lowest BCUT2D eigenvalue weighted by Gasteiger charge is -2.17. The van der Waals surface area contributed by atoms with Crippen LogP contribution in [0.2, 0.25) is 0 Å². The average Bonchev–Trinajstić information content (AvgIpc) is 3.94. The van der Waals surface area contributed by atoms with Crippen LogP contribution in [0.5, 0.6) is 0 Å². The van der Waals surface area contributed by atoms with E-state index in [0.29, 0.717) is 41.1 Å². The van der Waals surface area contributed by atoms with E-state index in [0.717, 1.165) is 72.9 Å². The van der Waals surface area contributed by atoms with Gasteiger partial charge in [0.15, 0.2) is 17.5 Å². The minimum absolute atomic E-state index is 0.402. The van der Waals surface area contributed by atoms with E-state index in [1.165, 1.54) is 22.3 Å². The van der Waals surface area contributed by atoms with Crippen molar-refractivity contribution in [3.63, 3.8) is 0 Å². The summed E-state index contributed by atoms with van der Waals surface area (Å²) in [5.41, 5.74) is 15.5. The summed E-state index contributed by atoms with van der Waals surface area (Å²) >= 11 is 0. The molecule has 0 bridgehead atoms. The summed E-state index contributed by atoms with van der Waals surface area (Å²) in [5, 5.41) is 0. The van der Waals surface area contributed by atoms with Gasteiger partial charge in [0.05, 0.1) is 33.4 Å². The van der Waals surface area contributed by atoms with Gasteiger partial charge in [0.25, 0.3) is 0 Å². The SMILES string of the molecule is CC(C)c1ccc(-c2nc(-c3ccc(C(C)C)cc3)nc(-c3cc(-n4c(-c5ccc(C(C)C)cc5)nc5ccccc54)cc(-n4c(-c5ccc(C(C)C)cc5)nc5ccccc54)c3)n2)cc1. The predicted octanol–water partition coefficient (Wildman–Crippen LogP) is 15.4. The summed E-state index contributed by atoms with van der Waals surface area (Å²) < 4.78 is 4.56. The molecule has 10 aromatic rings. The molecule has 0 saturated carbocycles. The van der Waals surface area contributed by atoms with Crippen molar-refractivity contribution < 1.29 is 0 Å². The van der Waals surface area contributed by atoms with Crippen molar-refractivity contribution in [2.75, 3.05) is 0 Å². The highest BCUT2D eigenvalue weighted by atomic mass is 15.1. The van der Waals surface area contributed by atoms with Gasteiger partial charge in [-0.25, -0.2) is 24.9 Å². The topological polar surface area (TPSA) is 74.3 Å². The number of benzene rings is 7. The molecular formula is C59H55N7. The van der Waals surface area contributed by atoms with Gasteiger partial charge >= 0.3 is 0 Å². The molecule has 7 aromatic carbocycles. The molecule has 7 heteroatoms. The molecular weight excluding hydrogens is 807 g/mol. The van der Waals surface area contributed by atoms with Gasteiger partial charge in [-0.1, -0.05) is 177 Å². The Morgan fingerprint density at radius 2 is 0.606 bits per heavy atom. The van der Waals surface area contributed by atoms with E-state index < -0.39 is 0 Å². The summed E-state index contributed by atoms with van der Waals surface area (Å²) in [6, 6.07) is 58.3. The number of hydrogen-bond acceptors (Lipinski definition) is 5. The van der Waals surface area contributed by atoms with Gasteiger partial charge in [0, 0.05) is 27.8 Å². The molecule has 0 aliphatic carbocycles. The van der Waals surface area contributed by atoms with Crippen LogP contribution in [-0.2, 0) is 0 Å². The van der Waals surface area contributed by atoms with Crippen LogP contribution in [0.3, 0.4) is 0 Å². The van der Waals surface area contributed by atoms with Gasteiger partial charge in [0.1, 0.15) is 11.6 Å². The highest BCUT2D eigenvalue weighted by molar-refractivity contribution is 5.87. The Labute approximate surface area is 388 Å². The number of hydrogen-bond donors (Lipinski definition) is 0. The Morgan fingerprint density at radius 1 is 0.303 bits per heavy atom. The lowest BCUT2D eigenvalue weighted by Crippen LogP contribution is -2.05. The minimum Gasteiger partial charge on any atom is -0.292 e. The van der Waals surface area contributed by atoms with Crippen molar-refractivity contribution >= 4 is 22.1 Å². The normalized spacial score (nSPS) is 11.9. The molecule has 0 saturated heterocycles. The lowest BCUT2D eigenvalue weighted by molar-refractivity contribution is 0.866. The molecule has 0 N–H and O–H groups in total. The van der Waals surface area contributed by atoms with Crippen molar-refractivity contribution in [2.45, 2.75) is 79.1 Å². The quantitative estimate of drug-likeness (QED) is 0.129. The summed E-state index contributed by atoms with van der Waals surface area (Å²) in [4.78, 5) is 26.5. The maximum atomic E-state index is 5.33. The zero-order chi connectivity index (χ0) is 45.6. The number of rotatable bonds is 11. The van der Waals surface area contributed by atoms with Crippen molar-refractivity contribution in [3.8, 4) is 68.3 Å². The summed E-state index contributed by atoms with van der Waals surface area (Å²) in [6.07, 6.45) is 0. The second-order valence-electron chi connectivity index (χ2n) is 18.7. The second-order valence-corrected chi connectivity index (χ2v) is 18.7. The van der Waals surface area contributed by atoms with E-state index in [-0.39, 0.29) is 0 Å². The smallest absolute Gasteiger partial charge is 0.164 e. The van der Waals surface area contributed by atoms with E-state index in [1.54, 1.807) is 0 Å². The first-order valence-electron chi connectivity index (χ1n) is 23.3. The van der Waals surface area contributed by atoms with Gasteiger partial charge < -0.3 is 0 Å². The van der Waals surface area contributed by atoms with Gasteiger partial charge in [-0.15, -0.1) is 0 Å². The maximum absolute atomic E-state index is 5.33. The van der Waals surface area contributed by atoms with Crippen LogP contribution in [0, 0.1) is 0 Å². The van der Waals surface area contributed by atoms with Gasteiger partial charge in [-0.3, -0.25) is 9.13 Å². The van der Waals surface area contributed by atoms with Crippen LogP contribution >= 0.6 is 0 Å². The first-order chi connectivity index (χ1) is 32.0. The highest BCUT2D eigenvalue weighted by Crippen LogP contribution is 2.37. The molecule has 326 valence electrons. The molecule has 10 rings (SSSR count). The van der Waals surface area contributed by atoms with Gasteiger partial charge in [-0.2, -0.15) is 0 Å². The monoisotopic (exact) mass is 861 g/mol. The maximum Gasteiger partial charge on any atom is 0.164 e. The molecule has 0 aliphatic rings. The molecule has 66 heavy (non-hydrogen) atoms. The summed E-state index contributed by atoms with van der Waals surface area (Å²) in [7, 11) is 0. The molecule has 0 unspecified atom stereocenters. The Hall–Kier alpha value is -7.51. The fourth-order valence-electron chi connectivity index (χ4n) is 8.78. The highest BCUT2D eigenvalue weighted by Gasteiger charge is 2.22. The largest absolute Gasteiger partial charge is 0.292 e. The standard InChI is InChI=1S/C59H55N7/c1-36(2)40-17-25-44(26-18-40)55-62-56(45-27-19-41(20-28-45)37(3)4)64-57(63-55)48-33-49(65-53-15-11-9-13-51(53)60-58(65)46-29-21-42(22-30-46)38(5)6)35-50(34-48)66-54-16-12-10-14-52(54)61-59(66)47-31-23-43(24-32-47)39(7)8/h9-39H,1-8H3. The van der Waals surface area contributed by atoms with Crippen LogP contribution in [0.15, 0.2) is 164 Å². The molecule has 0 amide bonds. The van der Waals surface area contributed by atoms with Crippen LogP contribution < -0.4 is 0 Å². The lowest BCUT2D eigenvalue weighted by atomic mass is 10.0. The first kappa shape index (κ1) is 42.4. The van der Waals surface area contributed by atoms with Crippen molar-refractivity contribution in [1.29, 1.82) is 0 Å². The molecule has 7 nitrogen and oxygen atoms in total. The summed E-state index contributed by atoms with van der Waals surface area (Å²) in [6.45, 7) is 17.8. The van der Waals surface area contributed by atoms with Crippen LogP contribution in [0.4, 0.5) is 0 Å². The van der Waals surface area contributed by atoms with Crippen LogP contribution in [-0.4, -0.2) is 34.1 Å². The third kappa shape index (κ3) is 8.11. The fraction of sp³-hybridized carbons (Fsp3) is 0.203. The molecule has 0 spiro atoms.